The maximum absolute atomic E-state index is 14.6. The highest BCUT2D eigenvalue weighted by Crippen LogP contribution is 2.28. The standard InChI is InChI=1S/C34H36FNO4.ClH/c1-25(24-40-30-15-9-10-26(18-30)20-34(37)38)21-36(22-27-16-17-33(39-2)32(35)19-27)23-31(28-11-5-3-6-12-28)29-13-7-4-8-14-29;/h3-19,25,31H,20-24H2,1-2H3,(H,37,38);1H. The summed E-state index contributed by atoms with van der Waals surface area (Å²) in [5.74, 6) is -0.0815. The van der Waals surface area contributed by atoms with Crippen LogP contribution < -0.4 is 9.47 Å². The summed E-state index contributed by atoms with van der Waals surface area (Å²) in [5, 5.41) is 9.10. The summed E-state index contributed by atoms with van der Waals surface area (Å²) in [4.78, 5) is 13.4. The number of benzene rings is 4. The van der Waals surface area contributed by atoms with Crippen LogP contribution in [-0.4, -0.2) is 42.8 Å². The van der Waals surface area contributed by atoms with Crippen LogP contribution in [-0.2, 0) is 17.8 Å². The van der Waals surface area contributed by atoms with E-state index in [-0.39, 0.29) is 42.2 Å². The highest BCUT2D eigenvalue weighted by atomic mass is 35.5. The molecular formula is C34H37ClFNO4. The average Bonchev–Trinajstić information content (AvgIpc) is 2.95. The fraction of sp³-hybridized carbons (Fsp3) is 0.265. The van der Waals surface area contributed by atoms with E-state index in [0.29, 0.717) is 24.5 Å². The Morgan fingerprint density at radius 2 is 1.51 bits per heavy atom. The quantitative estimate of drug-likeness (QED) is 0.171. The van der Waals surface area contributed by atoms with E-state index in [2.05, 4.69) is 60.4 Å². The molecule has 0 aliphatic rings. The van der Waals surface area contributed by atoms with Crippen molar-refractivity contribution in [3.63, 3.8) is 0 Å². The van der Waals surface area contributed by atoms with Crippen LogP contribution in [0.5, 0.6) is 11.5 Å². The molecule has 4 aromatic carbocycles. The first-order valence-electron chi connectivity index (χ1n) is 13.5. The van der Waals surface area contributed by atoms with E-state index in [1.807, 2.05) is 30.3 Å². The minimum absolute atomic E-state index is 0. The highest BCUT2D eigenvalue weighted by Gasteiger charge is 2.21. The van der Waals surface area contributed by atoms with Gasteiger partial charge >= 0.3 is 5.97 Å². The molecule has 0 fully saturated rings. The third-order valence-corrected chi connectivity index (χ3v) is 6.83. The number of carboxylic acid groups (broad SMARTS) is 1. The second-order valence-electron chi connectivity index (χ2n) is 10.2. The number of ether oxygens (including phenoxy) is 2. The van der Waals surface area contributed by atoms with Crippen LogP contribution >= 0.6 is 12.4 Å². The maximum atomic E-state index is 14.6. The molecule has 0 saturated carbocycles. The fourth-order valence-corrected chi connectivity index (χ4v) is 4.95. The van der Waals surface area contributed by atoms with Gasteiger partial charge in [0.05, 0.1) is 20.1 Å². The number of carboxylic acids is 1. The first-order valence-corrected chi connectivity index (χ1v) is 13.5. The molecule has 0 amide bonds. The van der Waals surface area contributed by atoms with Gasteiger partial charge in [-0.1, -0.05) is 85.8 Å². The Morgan fingerprint density at radius 3 is 2.10 bits per heavy atom. The Labute approximate surface area is 248 Å². The highest BCUT2D eigenvalue weighted by molar-refractivity contribution is 5.85. The van der Waals surface area contributed by atoms with Gasteiger partial charge in [-0.25, -0.2) is 4.39 Å². The molecule has 0 bridgehead atoms. The predicted octanol–water partition coefficient (Wildman–Crippen LogP) is 7.23. The van der Waals surface area contributed by atoms with Crippen LogP contribution in [0.15, 0.2) is 103 Å². The Balaban J connectivity index is 0.00000462. The Hall–Kier alpha value is -3.87. The number of hydrogen-bond donors (Lipinski definition) is 1. The third kappa shape index (κ3) is 9.62. The van der Waals surface area contributed by atoms with Gasteiger partial charge in [0.1, 0.15) is 5.75 Å². The summed E-state index contributed by atoms with van der Waals surface area (Å²) in [6.45, 7) is 4.61. The van der Waals surface area contributed by atoms with E-state index >= 15 is 0 Å². The van der Waals surface area contributed by atoms with Gasteiger partial charge in [0.15, 0.2) is 11.6 Å². The number of rotatable bonds is 14. The first-order chi connectivity index (χ1) is 19.4. The molecule has 1 atom stereocenters. The zero-order valence-corrected chi connectivity index (χ0v) is 24.2. The summed E-state index contributed by atoms with van der Waals surface area (Å²) in [5.41, 5.74) is 4.01. The first kappa shape index (κ1) is 31.7. The van der Waals surface area contributed by atoms with Crippen molar-refractivity contribution >= 4 is 18.4 Å². The molecule has 4 aromatic rings. The zero-order chi connectivity index (χ0) is 28.3. The van der Waals surface area contributed by atoms with E-state index in [1.165, 1.54) is 18.2 Å². The van der Waals surface area contributed by atoms with Gasteiger partial charge in [-0.2, -0.15) is 0 Å². The van der Waals surface area contributed by atoms with Gasteiger partial charge in [-0.15, -0.1) is 12.4 Å². The number of aliphatic carboxylic acids is 1. The number of hydrogen-bond acceptors (Lipinski definition) is 4. The van der Waals surface area contributed by atoms with Crippen LogP contribution in [0, 0.1) is 11.7 Å². The van der Waals surface area contributed by atoms with Crippen molar-refractivity contribution in [3.05, 3.63) is 131 Å². The van der Waals surface area contributed by atoms with Crippen LogP contribution in [0.2, 0.25) is 0 Å². The van der Waals surface area contributed by atoms with E-state index in [4.69, 9.17) is 14.6 Å². The van der Waals surface area contributed by atoms with E-state index in [1.54, 1.807) is 24.3 Å². The monoisotopic (exact) mass is 577 g/mol. The van der Waals surface area contributed by atoms with Crippen molar-refractivity contribution in [2.45, 2.75) is 25.8 Å². The molecule has 7 heteroatoms. The van der Waals surface area contributed by atoms with Gasteiger partial charge in [0.25, 0.3) is 0 Å². The summed E-state index contributed by atoms with van der Waals surface area (Å²) < 4.78 is 25.8. The second kappa shape index (κ2) is 15.8. The molecule has 41 heavy (non-hydrogen) atoms. The second-order valence-corrected chi connectivity index (χ2v) is 10.2. The molecule has 0 aliphatic carbocycles. The molecule has 0 heterocycles. The van der Waals surface area contributed by atoms with Crippen molar-refractivity contribution in [1.29, 1.82) is 0 Å². The van der Waals surface area contributed by atoms with Crippen LogP contribution in [0.1, 0.15) is 35.1 Å². The number of halogens is 2. The maximum Gasteiger partial charge on any atom is 0.307 e. The molecule has 0 aromatic heterocycles. The van der Waals surface area contributed by atoms with Crippen molar-refractivity contribution in [1.82, 2.24) is 4.90 Å². The molecule has 4 rings (SSSR count). The molecular weight excluding hydrogens is 541 g/mol. The third-order valence-electron chi connectivity index (χ3n) is 6.83. The normalized spacial score (nSPS) is 11.6. The smallest absolute Gasteiger partial charge is 0.307 e. The number of methoxy groups -OCH3 is 1. The van der Waals surface area contributed by atoms with Gasteiger partial charge in [-0.05, 0) is 46.5 Å². The lowest BCUT2D eigenvalue weighted by atomic mass is 9.90. The van der Waals surface area contributed by atoms with Crippen molar-refractivity contribution < 1.29 is 23.8 Å². The molecule has 216 valence electrons. The largest absolute Gasteiger partial charge is 0.494 e. The number of nitrogens with zero attached hydrogens (tertiary/aromatic N) is 1. The lowest BCUT2D eigenvalue weighted by Gasteiger charge is -2.30. The van der Waals surface area contributed by atoms with E-state index < -0.39 is 5.97 Å². The minimum atomic E-state index is -0.873. The van der Waals surface area contributed by atoms with Gasteiger partial charge in [0, 0.05) is 31.5 Å². The van der Waals surface area contributed by atoms with Crippen molar-refractivity contribution in [3.8, 4) is 11.5 Å². The molecule has 0 aliphatic heterocycles. The average molecular weight is 578 g/mol. The zero-order valence-electron chi connectivity index (χ0n) is 23.4. The molecule has 0 radical (unpaired) electrons. The van der Waals surface area contributed by atoms with Gasteiger partial charge in [0.2, 0.25) is 0 Å². The van der Waals surface area contributed by atoms with Gasteiger partial charge in [-0.3, -0.25) is 9.69 Å². The molecule has 0 saturated heterocycles. The minimum Gasteiger partial charge on any atom is -0.494 e. The molecule has 1 N–H and O–H groups in total. The summed E-state index contributed by atoms with van der Waals surface area (Å²) in [6.07, 6.45) is -0.0423. The van der Waals surface area contributed by atoms with Crippen molar-refractivity contribution in [2.75, 3.05) is 26.8 Å². The summed E-state index contributed by atoms with van der Waals surface area (Å²) in [7, 11) is 1.47. The van der Waals surface area contributed by atoms with E-state index in [0.717, 1.165) is 18.7 Å². The fourth-order valence-electron chi connectivity index (χ4n) is 4.95. The summed E-state index contributed by atoms with van der Waals surface area (Å²) in [6, 6.07) is 33.2. The lowest BCUT2D eigenvalue weighted by molar-refractivity contribution is -0.136. The van der Waals surface area contributed by atoms with Crippen LogP contribution in [0.4, 0.5) is 4.39 Å². The summed E-state index contributed by atoms with van der Waals surface area (Å²) >= 11 is 0. The predicted molar refractivity (Wildman–Crippen MR) is 163 cm³/mol. The number of carbonyl (C=O) groups is 1. The van der Waals surface area contributed by atoms with Gasteiger partial charge < -0.3 is 14.6 Å². The molecule has 1 unspecified atom stereocenters. The van der Waals surface area contributed by atoms with Crippen LogP contribution in [0.25, 0.3) is 0 Å². The topological polar surface area (TPSA) is 59.0 Å². The lowest BCUT2D eigenvalue weighted by Crippen LogP contribution is -2.34. The SMILES string of the molecule is COc1ccc(CN(CC(C)COc2cccc(CC(=O)O)c2)CC(c2ccccc2)c2ccccc2)cc1F.Cl. The van der Waals surface area contributed by atoms with E-state index in [9.17, 15) is 9.18 Å². The van der Waals surface area contributed by atoms with Crippen LogP contribution in [0.3, 0.4) is 0 Å². The Bertz CT molecular complexity index is 1330. The Kier molecular flexibility index (Phi) is 12.2. The molecule has 5 nitrogen and oxygen atoms in total. The Morgan fingerprint density at radius 1 is 0.854 bits per heavy atom. The molecule has 0 spiro atoms. The van der Waals surface area contributed by atoms with Crippen molar-refractivity contribution in [2.24, 2.45) is 5.92 Å².